The standard InChI is InChI=1S/C11H15N3O5/c1-6-7(10(18)13-11(19)12-6)3-4-8(15)14(2)5-9(16)17/h3-5H2,1-2H3,(H,16,17)(H2,12,13,18,19). The lowest BCUT2D eigenvalue weighted by atomic mass is 10.1. The fourth-order valence-electron chi connectivity index (χ4n) is 1.64. The first-order valence-corrected chi connectivity index (χ1v) is 5.59. The Labute approximate surface area is 108 Å². The Balaban J connectivity index is 2.73. The van der Waals surface area contributed by atoms with E-state index in [2.05, 4.69) is 9.97 Å². The highest BCUT2D eigenvalue weighted by atomic mass is 16.4. The maximum Gasteiger partial charge on any atom is 0.325 e. The Morgan fingerprint density at radius 1 is 1.26 bits per heavy atom. The summed E-state index contributed by atoms with van der Waals surface area (Å²) in [6, 6.07) is 0. The van der Waals surface area contributed by atoms with Gasteiger partial charge in [0, 0.05) is 24.7 Å². The van der Waals surface area contributed by atoms with Crippen molar-refractivity contribution in [3.8, 4) is 0 Å². The monoisotopic (exact) mass is 269 g/mol. The van der Waals surface area contributed by atoms with Gasteiger partial charge in [-0.25, -0.2) is 4.79 Å². The van der Waals surface area contributed by atoms with Crippen LogP contribution in [-0.2, 0) is 16.0 Å². The molecule has 1 aromatic rings. The highest BCUT2D eigenvalue weighted by molar-refractivity contribution is 5.81. The predicted octanol–water partition coefficient (Wildman–Crippen LogP) is -1.15. The first-order valence-electron chi connectivity index (χ1n) is 5.59. The molecular weight excluding hydrogens is 254 g/mol. The zero-order chi connectivity index (χ0) is 14.6. The molecule has 1 aromatic heterocycles. The third-order valence-corrected chi connectivity index (χ3v) is 2.64. The van der Waals surface area contributed by atoms with Crippen LogP contribution in [-0.4, -0.2) is 45.4 Å². The summed E-state index contributed by atoms with van der Waals surface area (Å²) in [6.45, 7) is 1.18. The lowest BCUT2D eigenvalue weighted by Gasteiger charge is -2.14. The highest BCUT2D eigenvalue weighted by Crippen LogP contribution is 2.02. The van der Waals surface area contributed by atoms with Gasteiger partial charge in [-0.15, -0.1) is 0 Å². The zero-order valence-corrected chi connectivity index (χ0v) is 10.6. The summed E-state index contributed by atoms with van der Waals surface area (Å²) in [6.07, 6.45) is 0.139. The first-order chi connectivity index (χ1) is 8.81. The van der Waals surface area contributed by atoms with Gasteiger partial charge in [0.2, 0.25) is 5.91 Å². The minimum Gasteiger partial charge on any atom is -0.480 e. The van der Waals surface area contributed by atoms with Gasteiger partial charge in [0.15, 0.2) is 0 Å². The summed E-state index contributed by atoms with van der Waals surface area (Å²) >= 11 is 0. The number of rotatable bonds is 5. The number of carboxylic acid groups (broad SMARTS) is 1. The van der Waals surface area contributed by atoms with Crippen molar-refractivity contribution in [1.82, 2.24) is 14.9 Å². The molecule has 0 spiro atoms. The molecule has 0 aromatic carbocycles. The minimum absolute atomic E-state index is 0.000254. The van der Waals surface area contributed by atoms with Crippen LogP contribution in [0, 0.1) is 6.92 Å². The second-order valence-corrected chi connectivity index (χ2v) is 4.16. The average molecular weight is 269 g/mol. The summed E-state index contributed by atoms with van der Waals surface area (Å²) < 4.78 is 0. The number of aromatic nitrogens is 2. The Hall–Kier alpha value is -2.38. The molecule has 0 aliphatic heterocycles. The van der Waals surface area contributed by atoms with Crippen molar-refractivity contribution in [2.75, 3.05) is 13.6 Å². The number of nitrogens with zero attached hydrogens (tertiary/aromatic N) is 1. The number of carbonyl (C=O) groups excluding carboxylic acids is 1. The van der Waals surface area contributed by atoms with E-state index in [1.165, 1.54) is 7.05 Å². The third kappa shape index (κ3) is 4.09. The summed E-state index contributed by atoms with van der Waals surface area (Å²) in [5.41, 5.74) is -0.408. The maximum absolute atomic E-state index is 11.6. The second kappa shape index (κ2) is 5.98. The van der Waals surface area contributed by atoms with Crippen LogP contribution >= 0.6 is 0 Å². The fraction of sp³-hybridized carbons (Fsp3) is 0.455. The number of hydrogen-bond acceptors (Lipinski definition) is 4. The van der Waals surface area contributed by atoms with Gasteiger partial charge in [-0.1, -0.05) is 0 Å². The Morgan fingerprint density at radius 2 is 1.89 bits per heavy atom. The van der Waals surface area contributed by atoms with E-state index in [1.54, 1.807) is 6.92 Å². The number of H-pyrrole nitrogens is 2. The summed E-state index contributed by atoms with van der Waals surface area (Å²) in [4.78, 5) is 50.2. The molecule has 0 bridgehead atoms. The quantitative estimate of drug-likeness (QED) is 0.622. The highest BCUT2D eigenvalue weighted by Gasteiger charge is 2.14. The second-order valence-electron chi connectivity index (χ2n) is 4.16. The van der Waals surface area contributed by atoms with E-state index in [9.17, 15) is 19.2 Å². The number of aliphatic carboxylic acids is 1. The van der Waals surface area contributed by atoms with Gasteiger partial charge < -0.3 is 15.0 Å². The molecule has 0 atom stereocenters. The first kappa shape index (κ1) is 14.7. The van der Waals surface area contributed by atoms with Crippen molar-refractivity contribution in [3.63, 3.8) is 0 Å². The van der Waals surface area contributed by atoms with Crippen molar-refractivity contribution in [3.05, 3.63) is 32.1 Å². The lowest BCUT2D eigenvalue weighted by Crippen LogP contribution is -2.33. The van der Waals surface area contributed by atoms with Crippen LogP contribution < -0.4 is 11.2 Å². The van der Waals surface area contributed by atoms with Gasteiger partial charge in [-0.05, 0) is 13.3 Å². The number of carboxylic acids is 1. The van der Waals surface area contributed by atoms with Gasteiger partial charge in [0.25, 0.3) is 5.56 Å². The van der Waals surface area contributed by atoms with Crippen molar-refractivity contribution in [2.24, 2.45) is 0 Å². The number of aryl methyl sites for hydroxylation is 1. The number of aromatic amines is 2. The molecule has 8 nitrogen and oxygen atoms in total. The van der Waals surface area contributed by atoms with Crippen LogP contribution in [0.4, 0.5) is 0 Å². The van der Waals surface area contributed by atoms with Gasteiger partial charge in [0.05, 0.1) is 0 Å². The molecular formula is C11H15N3O5. The number of nitrogens with one attached hydrogen (secondary N) is 2. The maximum atomic E-state index is 11.6. The topological polar surface area (TPSA) is 123 Å². The van der Waals surface area contributed by atoms with E-state index in [1.807, 2.05) is 0 Å². The molecule has 1 amide bonds. The molecule has 0 unspecified atom stereocenters. The van der Waals surface area contributed by atoms with Crippen LogP contribution in [0.2, 0.25) is 0 Å². The lowest BCUT2D eigenvalue weighted by molar-refractivity contribution is -0.143. The minimum atomic E-state index is -1.10. The number of amides is 1. The van der Waals surface area contributed by atoms with Gasteiger partial charge in [-0.3, -0.25) is 19.4 Å². The van der Waals surface area contributed by atoms with Crippen LogP contribution in [0.1, 0.15) is 17.7 Å². The molecule has 0 aliphatic carbocycles. The third-order valence-electron chi connectivity index (χ3n) is 2.64. The summed E-state index contributed by atoms with van der Waals surface area (Å²) in [5, 5.41) is 8.55. The number of carbonyl (C=O) groups is 2. The van der Waals surface area contributed by atoms with E-state index in [4.69, 9.17) is 5.11 Å². The molecule has 104 valence electrons. The van der Waals surface area contributed by atoms with Crippen LogP contribution in [0.15, 0.2) is 9.59 Å². The van der Waals surface area contributed by atoms with Gasteiger partial charge in [-0.2, -0.15) is 0 Å². The van der Waals surface area contributed by atoms with E-state index in [0.717, 1.165) is 4.90 Å². The van der Waals surface area contributed by atoms with Crippen molar-refractivity contribution < 1.29 is 14.7 Å². The van der Waals surface area contributed by atoms with Crippen LogP contribution in [0.3, 0.4) is 0 Å². The van der Waals surface area contributed by atoms with Crippen molar-refractivity contribution in [1.29, 1.82) is 0 Å². The molecule has 0 saturated carbocycles. The molecule has 8 heteroatoms. The summed E-state index contributed by atoms with van der Waals surface area (Å²) in [7, 11) is 1.38. The van der Waals surface area contributed by atoms with Gasteiger partial charge >= 0.3 is 11.7 Å². The Kier molecular flexibility index (Phi) is 4.62. The van der Waals surface area contributed by atoms with Crippen molar-refractivity contribution in [2.45, 2.75) is 19.8 Å². The fourth-order valence-corrected chi connectivity index (χ4v) is 1.64. The van der Waals surface area contributed by atoms with E-state index in [-0.39, 0.29) is 25.3 Å². The molecule has 3 N–H and O–H groups in total. The summed E-state index contributed by atoms with van der Waals surface area (Å²) in [5.74, 6) is -1.48. The molecule has 1 rings (SSSR count). The SMILES string of the molecule is Cc1[nH]c(=O)[nH]c(=O)c1CCC(=O)N(C)CC(=O)O. The molecule has 0 saturated heterocycles. The normalized spacial score (nSPS) is 10.2. The predicted molar refractivity (Wildman–Crippen MR) is 66.0 cm³/mol. The number of hydrogen-bond donors (Lipinski definition) is 3. The zero-order valence-electron chi connectivity index (χ0n) is 10.6. The molecule has 0 fully saturated rings. The average Bonchev–Trinajstić information content (AvgIpc) is 2.26. The Morgan fingerprint density at radius 3 is 2.42 bits per heavy atom. The molecule has 0 radical (unpaired) electrons. The van der Waals surface area contributed by atoms with E-state index in [0.29, 0.717) is 11.3 Å². The molecule has 0 aliphatic rings. The largest absolute Gasteiger partial charge is 0.480 e. The van der Waals surface area contributed by atoms with Crippen LogP contribution in [0.5, 0.6) is 0 Å². The number of likely N-dealkylation sites (N-methyl/N-ethyl adjacent to an activating group) is 1. The smallest absolute Gasteiger partial charge is 0.325 e. The van der Waals surface area contributed by atoms with Gasteiger partial charge in [0.1, 0.15) is 6.54 Å². The van der Waals surface area contributed by atoms with Crippen LogP contribution in [0.25, 0.3) is 0 Å². The van der Waals surface area contributed by atoms with Crippen molar-refractivity contribution >= 4 is 11.9 Å². The molecule has 19 heavy (non-hydrogen) atoms. The van der Waals surface area contributed by atoms with E-state index < -0.39 is 17.2 Å². The molecule has 1 heterocycles. The Bertz CT molecular complexity index is 601. The van der Waals surface area contributed by atoms with E-state index >= 15 is 0 Å².